The summed E-state index contributed by atoms with van der Waals surface area (Å²) in [6.45, 7) is 1.09. The molecule has 0 radical (unpaired) electrons. The molecule has 1 aromatic rings. The van der Waals surface area contributed by atoms with Crippen molar-refractivity contribution in [2.24, 2.45) is 21.9 Å². The Morgan fingerprint density at radius 2 is 1.90 bits per heavy atom. The molecule has 1 atom stereocenters. The van der Waals surface area contributed by atoms with Crippen LogP contribution in [-0.4, -0.2) is 41.8 Å². The first-order valence-corrected chi connectivity index (χ1v) is 10.4. The third-order valence-corrected chi connectivity index (χ3v) is 6.25. The highest BCUT2D eigenvalue weighted by atomic mass is 16.2. The number of primary amides is 1. The van der Waals surface area contributed by atoms with Crippen LogP contribution in [0.2, 0.25) is 0 Å². The average molecular weight is 394 g/mol. The van der Waals surface area contributed by atoms with Gasteiger partial charge in [0.25, 0.3) is 11.8 Å². The van der Waals surface area contributed by atoms with E-state index < -0.39 is 0 Å². The van der Waals surface area contributed by atoms with Gasteiger partial charge in [-0.1, -0.05) is 12.1 Å². The van der Waals surface area contributed by atoms with Gasteiger partial charge in [0.2, 0.25) is 5.91 Å². The topological polar surface area (TPSA) is 105 Å². The lowest BCUT2D eigenvalue weighted by Crippen LogP contribution is -2.41. The van der Waals surface area contributed by atoms with Crippen molar-refractivity contribution in [3.63, 3.8) is 0 Å². The number of nitrogens with zero attached hydrogens (tertiary/aromatic N) is 3. The number of carbonyl (C=O) groups excluding carboxylic acids is 3. The molecule has 2 N–H and O–H groups in total. The van der Waals surface area contributed by atoms with Crippen LogP contribution in [0.1, 0.15) is 54.4 Å². The van der Waals surface area contributed by atoms with Crippen molar-refractivity contribution in [3.8, 4) is 0 Å². The number of hydrogen-bond acceptors (Lipinski definition) is 4. The standard InChI is InChI=1S/C22H26N4O3/c23-20(27)15-8-10-26(11-9-15)22(29)16-5-3-4-14(12-16)13-19-17-6-1-2-7-18(17)21(28)25-24-19/h3-5,12,15,19H,1-2,6-11,13H2,(H2,23,27). The number of benzene rings is 1. The van der Waals surface area contributed by atoms with Gasteiger partial charge in [-0.05, 0) is 61.8 Å². The molecule has 7 nitrogen and oxygen atoms in total. The molecule has 2 heterocycles. The summed E-state index contributed by atoms with van der Waals surface area (Å²) in [6, 6.07) is 7.51. The number of carbonyl (C=O) groups is 3. The molecule has 29 heavy (non-hydrogen) atoms. The first-order chi connectivity index (χ1) is 14.0. The van der Waals surface area contributed by atoms with Gasteiger partial charge in [-0.2, -0.15) is 5.11 Å². The molecule has 3 amide bonds. The Morgan fingerprint density at radius 1 is 1.14 bits per heavy atom. The number of amides is 3. The van der Waals surface area contributed by atoms with E-state index in [1.54, 1.807) is 4.90 Å². The SMILES string of the molecule is NC(=O)C1CCN(C(=O)c2cccc(CC3N=NC(=O)C4=C3CCCC4)c2)CC1. The number of azo groups is 1. The van der Waals surface area contributed by atoms with Gasteiger partial charge in [0.15, 0.2) is 0 Å². The van der Waals surface area contributed by atoms with Gasteiger partial charge >= 0.3 is 0 Å². The van der Waals surface area contributed by atoms with Gasteiger partial charge in [-0.3, -0.25) is 14.4 Å². The van der Waals surface area contributed by atoms with Gasteiger partial charge in [0, 0.05) is 36.6 Å². The smallest absolute Gasteiger partial charge is 0.291 e. The Bertz CT molecular complexity index is 897. The predicted octanol–water partition coefficient (Wildman–Crippen LogP) is 2.80. The van der Waals surface area contributed by atoms with E-state index in [-0.39, 0.29) is 29.7 Å². The molecule has 1 saturated heterocycles. The number of likely N-dealkylation sites (tertiary alicyclic amines) is 1. The first kappa shape index (κ1) is 19.5. The summed E-state index contributed by atoms with van der Waals surface area (Å²) >= 11 is 0. The van der Waals surface area contributed by atoms with Crippen molar-refractivity contribution in [3.05, 3.63) is 46.5 Å². The van der Waals surface area contributed by atoms with Crippen molar-refractivity contribution < 1.29 is 14.4 Å². The van der Waals surface area contributed by atoms with Crippen LogP contribution in [0, 0.1) is 5.92 Å². The van der Waals surface area contributed by atoms with Gasteiger partial charge in [-0.15, -0.1) is 5.11 Å². The summed E-state index contributed by atoms with van der Waals surface area (Å²) < 4.78 is 0. The summed E-state index contributed by atoms with van der Waals surface area (Å²) in [5, 5.41) is 8.12. The number of piperidine rings is 1. The van der Waals surface area contributed by atoms with Gasteiger partial charge in [0.05, 0.1) is 6.04 Å². The largest absolute Gasteiger partial charge is 0.369 e. The second-order valence-corrected chi connectivity index (χ2v) is 8.12. The van der Waals surface area contributed by atoms with Crippen LogP contribution in [-0.2, 0) is 16.0 Å². The van der Waals surface area contributed by atoms with E-state index >= 15 is 0 Å². The van der Waals surface area contributed by atoms with Crippen LogP contribution in [0.15, 0.2) is 45.6 Å². The maximum atomic E-state index is 12.9. The molecule has 7 heteroatoms. The minimum Gasteiger partial charge on any atom is -0.369 e. The minimum absolute atomic E-state index is 0.0206. The maximum Gasteiger partial charge on any atom is 0.291 e. The van der Waals surface area contributed by atoms with Crippen molar-refractivity contribution >= 4 is 17.7 Å². The number of rotatable bonds is 4. The molecule has 0 aromatic heterocycles. The molecule has 1 aliphatic carbocycles. The molecule has 1 unspecified atom stereocenters. The zero-order valence-electron chi connectivity index (χ0n) is 16.5. The lowest BCUT2D eigenvalue weighted by atomic mass is 9.84. The van der Waals surface area contributed by atoms with Gasteiger partial charge in [0.1, 0.15) is 0 Å². The fourth-order valence-corrected chi connectivity index (χ4v) is 4.56. The normalized spacial score (nSPS) is 22.6. The van der Waals surface area contributed by atoms with E-state index in [1.807, 2.05) is 24.3 Å². The molecule has 4 rings (SSSR count). The second-order valence-electron chi connectivity index (χ2n) is 8.12. The highest BCUT2D eigenvalue weighted by Gasteiger charge is 2.30. The molecule has 0 saturated carbocycles. The lowest BCUT2D eigenvalue weighted by molar-refractivity contribution is -0.123. The Balaban J connectivity index is 1.46. The van der Waals surface area contributed by atoms with Crippen LogP contribution < -0.4 is 5.73 Å². The molecule has 152 valence electrons. The van der Waals surface area contributed by atoms with E-state index in [0.29, 0.717) is 37.9 Å². The van der Waals surface area contributed by atoms with Gasteiger partial charge < -0.3 is 10.6 Å². The van der Waals surface area contributed by atoms with Crippen LogP contribution >= 0.6 is 0 Å². The van der Waals surface area contributed by atoms with E-state index in [9.17, 15) is 14.4 Å². The highest BCUT2D eigenvalue weighted by Crippen LogP contribution is 2.33. The van der Waals surface area contributed by atoms with Crippen LogP contribution in [0.5, 0.6) is 0 Å². The second kappa shape index (κ2) is 8.27. The summed E-state index contributed by atoms with van der Waals surface area (Å²) in [5.74, 6) is -0.620. The molecule has 2 aliphatic heterocycles. The molecule has 1 aromatic carbocycles. The van der Waals surface area contributed by atoms with Gasteiger partial charge in [-0.25, -0.2) is 0 Å². The molecule has 0 spiro atoms. The zero-order valence-corrected chi connectivity index (χ0v) is 16.5. The third kappa shape index (κ3) is 4.13. The predicted molar refractivity (Wildman–Crippen MR) is 107 cm³/mol. The molecule has 0 bridgehead atoms. The number of hydrogen-bond donors (Lipinski definition) is 1. The van der Waals surface area contributed by atoms with E-state index in [1.165, 1.54) is 0 Å². The molecular formula is C22H26N4O3. The average Bonchev–Trinajstić information content (AvgIpc) is 2.76. The minimum atomic E-state index is -0.282. The van der Waals surface area contributed by atoms with Crippen molar-refractivity contribution in [2.75, 3.05) is 13.1 Å². The molecule has 3 aliphatic rings. The van der Waals surface area contributed by atoms with E-state index in [2.05, 4.69) is 10.2 Å². The molecular weight excluding hydrogens is 368 g/mol. The summed E-state index contributed by atoms with van der Waals surface area (Å²) in [6.07, 6.45) is 5.69. The van der Waals surface area contributed by atoms with E-state index in [4.69, 9.17) is 5.73 Å². The Labute approximate surface area is 170 Å². The monoisotopic (exact) mass is 394 g/mol. The Hall–Kier alpha value is -2.83. The van der Waals surface area contributed by atoms with Crippen molar-refractivity contribution in [1.29, 1.82) is 0 Å². The lowest BCUT2D eigenvalue weighted by Gasteiger charge is -2.30. The van der Waals surface area contributed by atoms with Crippen molar-refractivity contribution in [2.45, 2.75) is 51.0 Å². The van der Waals surface area contributed by atoms with Crippen molar-refractivity contribution in [1.82, 2.24) is 4.90 Å². The molecule has 1 fully saturated rings. The fourth-order valence-electron chi connectivity index (χ4n) is 4.56. The highest BCUT2D eigenvalue weighted by molar-refractivity contribution is 5.96. The van der Waals surface area contributed by atoms with Crippen LogP contribution in [0.4, 0.5) is 0 Å². The van der Waals surface area contributed by atoms with Crippen LogP contribution in [0.25, 0.3) is 0 Å². The Morgan fingerprint density at radius 3 is 2.66 bits per heavy atom. The summed E-state index contributed by atoms with van der Waals surface area (Å²) in [7, 11) is 0. The quantitative estimate of drug-likeness (QED) is 0.849. The fraction of sp³-hybridized carbons (Fsp3) is 0.500. The zero-order chi connectivity index (χ0) is 20.4. The summed E-state index contributed by atoms with van der Waals surface area (Å²) in [4.78, 5) is 38.0. The third-order valence-electron chi connectivity index (χ3n) is 6.25. The van der Waals surface area contributed by atoms with Crippen LogP contribution in [0.3, 0.4) is 0 Å². The maximum absolute atomic E-state index is 12.9. The summed E-state index contributed by atoms with van der Waals surface area (Å²) in [5.41, 5.74) is 9.01. The Kier molecular flexibility index (Phi) is 5.56. The first-order valence-electron chi connectivity index (χ1n) is 10.4. The van der Waals surface area contributed by atoms with E-state index in [0.717, 1.165) is 42.4 Å². The number of nitrogens with two attached hydrogens (primary N) is 1.